The number of carbonyl (C=O) groups excluding carboxylic acids is 2. The predicted molar refractivity (Wildman–Crippen MR) is 104 cm³/mol. The molecule has 1 aliphatic heterocycles. The molecule has 2 aromatic rings. The second-order valence-electron chi connectivity index (χ2n) is 6.94. The second kappa shape index (κ2) is 7.30. The Bertz CT molecular complexity index is 1360. The van der Waals surface area contributed by atoms with E-state index in [9.17, 15) is 40.8 Å². The van der Waals surface area contributed by atoms with Crippen LogP contribution in [0.5, 0.6) is 0 Å². The van der Waals surface area contributed by atoms with Crippen molar-refractivity contribution in [2.45, 2.75) is 23.5 Å². The highest BCUT2D eigenvalue weighted by Crippen LogP contribution is 2.45. The van der Waals surface area contributed by atoms with E-state index in [4.69, 9.17) is 0 Å². The molecule has 172 valence electrons. The van der Waals surface area contributed by atoms with E-state index in [-0.39, 0.29) is 5.69 Å². The Kier molecular flexibility index (Phi) is 5.30. The second-order valence-corrected chi connectivity index (χ2v) is 8.62. The van der Waals surface area contributed by atoms with Crippen LogP contribution in [-0.2, 0) is 39.2 Å². The van der Waals surface area contributed by atoms with Crippen molar-refractivity contribution in [1.82, 2.24) is 13.9 Å². The number of fused-ring (bicyclic) bond motifs is 1. The number of sulfonamides is 1. The van der Waals surface area contributed by atoms with Gasteiger partial charge in [-0.25, -0.2) is 13.2 Å². The number of carbonyl (C=O) groups is 2. The Labute approximate surface area is 177 Å². The Morgan fingerprint density at radius 1 is 1.06 bits per heavy atom. The first-order chi connectivity index (χ1) is 14.6. The number of nitrogens with one attached hydrogen (secondary N) is 3. The first kappa shape index (κ1) is 23.2. The molecule has 0 fully saturated rings. The molecule has 1 aliphatic rings. The van der Waals surface area contributed by atoms with Gasteiger partial charge in [-0.05, 0) is 24.3 Å². The molecule has 0 aliphatic carbocycles. The van der Waals surface area contributed by atoms with Crippen LogP contribution in [0, 0.1) is 0 Å². The minimum absolute atomic E-state index is 0.176. The number of aromatic nitrogens is 2. The molecule has 0 bridgehead atoms. The van der Waals surface area contributed by atoms with E-state index in [1.165, 1.54) is 11.6 Å². The lowest BCUT2D eigenvalue weighted by Crippen LogP contribution is -2.62. The molecule has 0 saturated heterocycles. The van der Waals surface area contributed by atoms with Gasteiger partial charge in [0.1, 0.15) is 5.82 Å². The fourth-order valence-corrected chi connectivity index (χ4v) is 4.58. The first-order valence-electron chi connectivity index (χ1n) is 8.74. The van der Waals surface area contributed by atoms with Crippen LogP contribution in [0.4, 0.5) is 24.7 Å². The molecule has 1 aromatic carbocycles. The van der Waals surface area contributed by atoms with Gasteiger partial charge < -0.3 is 10.6 Å². The van der Waals surface area contributed by atoms with Crippen molar-refractivity contribution >= 4 is 33.3 Å². The molecule has 2 amide bonds. The van der Waals surface area contributed by atoms with Gasteiger partial charge >= 0.3 is 11.9 Å². The predicted octanol–water partition coefficient (Wildman–Crippen LogP) is -0.269. The molecule has 2 heterocycles. The summed E-state index contributed by atoms with van der Waals surface area (Å²) in [5.41, 5.74) is -7.61. The van der Waals surface area contributed by atoms with E-state index in [1.54, 1.807) is 5.32 Å². The van der Waals surface area contributed by atoms with Crippen LogP contribution >= 0.6 is 0 Å². The lowest BCUT2D eigenvalue weighted by molar-refractivity contribution is -0.194. The van der Waals surface area contributed by atoms with Gasteiger partial charge in [-0.1, -0.05) is 0 Å². The van der Waals surface area contributed by atoms with Crippen LogP contribution in [0.2, 0.25) is 0 Å². The molecule has 1 atom stereocenters. The Morgan fingerprint density at radius 3 is 2.12 bits per heavy atom. The molecule has 3 rings (SSSR count). The summed E-state index contributed by atoms with van der Waals surface area (Å²) in [4.78, 5) is 47.6. The number of rotatable bonds is 4. The van der Waals surface area contributed by atoms with Crippen molar-refractivity contribution in [3.8, 4) is 0 Å². The highest BCUT2D eigenvalue weighted by Gasteiger charge is 2.69. The van der Waals surface area contributed by atoms with Crippen LogP contribution in [0.1, 0.15) is 12.5 Å². The molecule has 15 heteroatoms. The van der Waals surface area contributed by atoms with Crippen molar-refractivity contribution in [1.29, 1.82) is 0 Å². The molecule has 0 saturated carbocycles. The molecule has 0 unspecified atom stereocenters. The monoisotopic (exact) mass is 475 g/mol. The van der Waals surface area contributed by atoms with Gasteiger partial charge in [0.25, 0.3) is 11.5 Å². The zero-order valence-electron chi connectivity index (χ0n) is 16.7. The summed E-state index contributed by atoms with van der Waals surface area (Å²) in [6.07, 6.45) is -5.60. The number of nitrogens with zero attached hydrogens (tertiary/aromatic N) is 2. The lowest BCUT2D eigenvalue weighted by atomic mass is 9.93. The molecule has 11 nitrogen and oxygen atoms in total. The summed E-state index contributed by atoms with van der Waals surface area (Å²) in [5.74, 6) is -3.13. The van der Waals surface area contributed by atoms with E-state index < -0.39 is 61.1 Å². The average molecular weight is 475 g/mol. The van der Waals surface area contributed by atoms with Crippen molar-refractivity contribution in [2.75, 3.05) is 10.6 Å². The van der Waals surface area contributed by atoms with Gasteiger partial charge in [0.15, 0.2) is 0 Å². The van der Waals surface area contributed by atoms with Gasteiger partial charge in [0.2, 0.25) is 21.5 Å². The fourth-order valence-electron chi connectivity index (χ4n) is 3.25. The molecular weight excluding hydrogens is 459 g/mol. The van der Waals surface area contributed by atoms with Gasteiger partial charge in [-0.2, -0.15) is 17.9 Å². The van der Waals surface area contributed by atoms with Crippen molar-refractivity contribution in [3.05, 3.63) is 50.7 Å². The third kappa shape index (κ3) is 3.38. The summed E-state index contributed by atoms with van der Waals surface area (Å²) < 4.78 is 70.7. The number of halogens is 3. The average Bonchev–Trinajstić information content (AvgIpc) is 2.97. The zero-order chi connectivity index (χ0) is 24.2. The minimum Gasteiger partial charge on any atom is -0.326 e. The third-order valence-electron chi connectivity index (χ3n) is 4.81. The molecule has 32 heavy (non-hydrogen) atoms. The van der Waals surface area contributed by atoms with Crippen molar-refractivity contribution in [3.63, 3.8) is 0 Å². The minimum atomic E-state index is -5.60. The summed E-state index contributed by atoms with van der Waals surface area (Å²) >= 11 is 0. The van der Waals surface area contributed by atoms with E-state index in [1.807, 2.05) is 0 Å². The first-order valence-corrected chi connectivity index (χ1v) is 10.2. The Morgan fingerprint density at radius 2 is 1.62 bits per heavy atom. The maximum atomic E-state index is 14.3. The largest absolute Gasteiger partial charge is 0.421 e. The van der Waals surface area contributed by atoms with Crippen LogP contribution in [0.25, 0.3) is 0 Å². The number of hydrogen-bond donors (Lipinski definition) is 3. The molecule has 0 spiro atoms. The number of anilines is 2. The topological polar surface area (TPSA) is 148 Å². The number of hydrogen-bond acceptors (Lipinski definition) is 6. The lowest BCUT2D eigenvalue weighted by Gasteiger charge is -2.30. The van der Waals surface area contributed by atoms with E-state index >= 15 is 0 Å². The molecular formula is C17H16F3N5O6S. The summed E-state index contributed by atoms with van der Waals surface area (Å²) in [6.45, 7) is 1.20. The number of benzene rings is 1. The number of amides is 2. The van der Waals surface area contributed by atoms with E-state index in [0.717, 1.165) is 38.4 Å². The van der Waals surface area contributed by atoms with Gasteiger partial charge in [0.05, 0.1) is 10.5 Å². The molecule has 1 aromatic heterocycles. The summed E-state index contributed by atoms with van der Waals surface area (Å²) in [5, 5.41) is 4.15. The SMILES string of the molecule is CC(=O)Nc1ccc(S(=O)(=O)N[C@]2(C(F)(F)F)C(=O)Nc3c2c(=O)n(C)c(=O)n3C)cc1. The zero-order valence-corrected chi connectivity index (χ0v) is 17.5. The van der Waals surface area contributed by atoms with Crippen LogP contribution in [0.15, 0.2) is 38.8 Å². The Hall–Kier alpha value is -3.46. The van der Waals surface area contributed by atoms with Gasteiger partial charge in [-0.3, -0.25) is 23.5 Å². The molecule has 3 N–H and O–H groups in total. The van der Waals surface area contributed by atoms with Crippen LogP contribution in [-0.4, -0.2) is 35.5 Å². The maximum Gasteiger partial charge on any atom is 0.421 e. The van der Waals surface area contributed by atoms with Gasteiger partial charge in [-0.15, -0.1) is 0 Å². The number of alkyl halides is 3. The molecule has 0 radical (unpaired) electrons. The highest BCUT2D eigenvalue weighted by atomic mass is 32.2. The van der Waals surface area contributed by atoms with E-state index in [2.05, 4.69) is 5.32 Å². The highest BCUT2D eigenvalue weighted by molar-refractivity contribution is 7.89. The summed E-state index contributed by atoms with van der Waals surface area (Å²) in [7, 11) is -3.13. The fraction of sp³-hybridized carbons (Fsp3) is 0.294. The maximum absolute atomic E-state index is 14.3. The van der Waals surface area contributed by atoms with Gasteiger partial charge in [0, 0.05) is 26.7 Å². The Balaban J connectivity index is 2.22. The quantitative estimate of drug-likeness (QED) is 0.555. The standard InChI is InChI=1S/C17H16F3N5O6S/c1-8(26)21-9-4-6-10(7-5-9)32(30,31)23-16(17(18,19)20)11-12(22-14(16)28)24(2)15(29)25(3)13(11)27/h4-7,23H,1-3H3,(H,21,26)(H,22,28)/t16-/m0/s1. The van der Waals surface area contributed by atoms with Crippen LogP contribution < -0.4 is 26.6 Å². The smallest absolute Gasteiger partial charge is 0.326 e. The van der Waals surface area contributed by atoms with E-state index in [0.29, 0.717) is 9.13 Å². The van der Waals surface area contributed by atoms with Crippen molar-refractivity contribution < 1.29 is 31.2 Å². The normalized spacial score (nSPS) is 18.2. The summed E-state index contributed by atoms with van der Waals surface area (Å²) in [6, 6.07) is 4.07. The van der Waals surface area contributed by atoms with Crippen LogP contribution in [0.3, 0.4) is 0 Å². The third-order valence-corrected chi connectivity index (χ3v) is 6.28. The van der Waals surface area contributed by atoms with Crippen molar-refractivity contribution in [2.24, 2.45) is 14.1 Å².